The van der Waals surface area contributed by atoms with Crippen molar-refractivity contribution in [3.63, 3.8) is 0 Å². The predicted octanol–water partition coefficient (Wildman–Crippen LogP) is 7.78. The van der Waals surface area contributed by atoms with Gasteiger partial charge in [0.1, 0.15) is 0 Å². The summed E-state index contributed by atoms with van der Waals surface area (Å²) in [6.07, 6.45) is 31.0. The van der Waals surface area contributed by atoms with Gasteiger partial charge in [-0.1, -0.05) is 128 Å². The highest BCUT2D eigenvalue weighted by molar-refractivity contribution is 5.76. The van der Waals surface area contributed by atoms with Gasteiger partial charge in [-0.15, -0.1) is 0 Å². The van der Waals surface area contributed by atoms with Gasteiger partial charge < -0.3 is 15.5 Å². The number of unbranched alkanes of at least 4 members (excludes halogenated alkanes) is 16. The molecule has 0 radical (unpaired) electrons. The molecule has 2 atom stereocenters. The molecule has 0 fully saturated rings. The Hall–Kier alpha value is -1.13. The molecule has 0 aromatic rings. The van der Waals surface area contributed by atoms with Crippen LogP contribution in [0.25, 0.3) is 0 Å². The van der Waals surface area contributed by atoms with E-state index in [1.54, 1.807) is 6.08 Å². The number of hydrogen-bond donors (Lipinski definition) is 3. The third-order valence-electron chi connectivity index (χ3n) is 6.44. The lowest BCUT2D eigenvalue weighted by Crippen LogP contribution is -2.45. The molecule has 0 aromatic carbocycles. The lowest BCUT2D eigenvalue weighted by atomic mass is 10.0. The molecule has 34 heavy (non-hydrogen) atoms. The summed E-state index contributed by atoms with van der Waals surface area (Å²) >= 11 is 0. The minimum Gasteiger partial charge on any atom is -0.394 e. The summed E-state index contributed by atoms with van der Waals surface area (Å²) in [4.78, 5) is 12.2. The zero-order chi connectivity index (χ0) is 25.1. The Morgan fingerprint density at radius 1 is 0.676 bits per heavy atom. The first kappa shape index (κ1) is 32.9. The van der Waals surface area contributed by atoms with Crippen molar-refractivity contribution in [3.05, 3.63) is 24.3 Å². The molecule has 0 heterocycles. The van der Waals surface area contributed by atoms with E-state index in [4.69, 9.17) is 0 Å². The van der Waals surface area contributed by atoms with E-state index in [1.165, 1.54) is 89.9 Å². The highest BCUT2D eigenvalue weighted by Crippen LogP contribution is 2.12. The molecule has 0 aliphatic heterocycles. The van der Waals surface area contributed by atoms with Crippen LogP contribution in [-0.2, 0) is 4.79 Å². The van der Waals surface area contributed by atoms with Crippen LogP contribution in [0.4, 0.5) is 0 Å². The van der Waals surface area contributed by atoms with Gasteiger partial charge in [0.15, 0.2) is 0 Å². The van der Waals surface area contributed by atoms with Gasteiger partial charge in [-0.3, -0.25) is 4.79 Å². The van der Waals surface area contributed by atoms with Gasteiger partial charge in [0.2, 0.25) is 5.91 Å². The smallest absolute Gasteiger partial charge is 0.220 e. The second kappa shape index (κ2) is 26.5. The molecule has 0 bridgehead atoms. The molecule has 0 aliphatic carbocycles. The van der Waals surface area contributed by atoms with Crippen LogP contribution in [0.3, 0.4) is 0 Å². The maximum Gasteiger partial charge on any atom is 0.220 e. The van der Waals surface area contributed by atoms with Crippen LogP contribution in [0.5, 0.6) is 0 Å². The van der Waals surface area contributed by atoms with Crippen LogP contribution in [0.15, 0.2) is 24.3 Å². The number of allylic oxidation sites excluding steroid dienone is 3. The van der Waals surface area contributed by atoms with Crippen molar-refractivity contribution in [1.29, 1.82) is 0 Å². The van der Waals surface area contributed by atoms with Gasteiger partial charge >= 0.3 is 0 Å². The van der Waals surface area contributed by atoms with Gasteiger partial charge in [-0.2, -0.15) is 0 Å². The minimum absolute atomic E-state index is 0.0791. The maximum atomic E-state index is 12.2. The van der Waals surface area contributed by atoms with E-state index in [9.17, 15) is 15.0 Å². The average molecular weight is 480 g/mol. The van der Waals surface area contributed by atoms with Crippen LogP contribution in [-0.4, -0.2) is 34.9 Å². The fourth-order valence-electron chi connectivity index (χ4n) is 4.13. The van der Waals surface area contributed by atoms with E-state index in [2.05, 4.69) is 31.3 Å². The number of aliphatic hydroxyl groups is 2. The van der Waals surface area contributed by atoms with Crippen molar-refractivity contribution in [3.8, 4) is 0 Å². The van der Waals surface area contributed by atoms with Crippen molar-refractivity contribution in [2.45, 2.75) is 154 Å². The normalized spacial score (nSPS) is 13.6. The molecule has 0 unspecified atom stereocenters. The van der Waals surface area contributed by atoms with E-state index in [-0.39, 0.29) is 12.5 Å². The Balaban J connectivity index is 3.74. The molecule has 4 nitrogen and oxygen atoms in total. The lowest BCUT2D eigenvalue weighted by molar-refractivity contribution is -0.123. The summed E-state index contributed by atoms with van der Waals surface area (Å²) in [6, 6.07) is -0.629. The number of nitrogens with one attached hydrogen (secondary N) is 1. The van der Waals surface area contributed by atoms with Crippen LogP contribution < -0.4 is 5.32 Å². The van der Waals surface area contributed by atoms with Gasteiger partial charge in [-0.25, -0.2) is 0 Å². The summed E-state index contributed by atoms with van der Waals surface area (Å²) in [5, 5.41) is 22.6. The van der Waals surface area contributed by atoms with Crippen LogP contribution in [0.1, 0.15) is 142 Å². The Morgan fingerprint density at radius 2 is 1.15 bits per heavy atom. The van der Waals surface area contributed by atoms with Crippen LogP contribution >= 0.6 is 0 Å². The number of hydrogen-bond acceptors (Lipinski definition) is 3. The zero-order valence-corrected chi connectivity index (χ0v) is 22.6. The van der Waals surface area contributed by atoms with Crippen LogP contribution in [0, 0.1) is 0 Å². The predicted molar refractivity (Wildman–Crippen MR) is 147 cm³/mol. The quantitative estimate of drug-likeness (QED) is 0.0924. The van der Waals surface area contributed by atoms with Crippen molar-refractivity contribution in [2.75, 3.05) is 6.61 Å². The largest absolute Gasteiger partial charge is 0.394 e. The molecule has 0 saturated heterocycles. The number of aliphatic hydroxyl groups excluding tert-OH is 2. The number of carbonyl (C=O) groups is 1. The zero-order valence-electron chi connectivity index (χ0n) is 22.6. The maximum absolute atomic E-state index is 12.2. The Kier molecular flexibility index (Phi) is 25.6. The van der Waals surface area contributed by atoms with Gasteiger partial charge in [-0.05, 0) is 32.1 Å². The second-order valence-corrected chi connectivity index (χ2v) is 9.81. The summed E-state index contributed by atoms with van der Waals surface area (Å²) in [7, 11) is 0. The molecule has 0 spiro atoms. The Labute approximate surface area is 211 Å². The van der Waals surface area contributed by atoms with E-state index in [0.717, 1.165) is 32.1 Å². The summed E-state index contributed by atoms with van der Waals surface area (Å²) in [5.41, 5.74) is 0. The van der Waals surface area contributed by atoms with E-state index in [0.29, 0.717) is 6.42 Å². The first-order chi connectivity index (χ1) is 16.7. The van der Waals surface area contributed by atoms with Gasteiger partial charge in [0.25, 0.3) is 0 Å². The highest BCUT2D eigenvalue weighted by atomic mass is 16.3. The molecular weight excluding hydrogens is 422 g/mol. The highest BCUT2D eigenvalue weighted by Gasteiger charge is 2.17. The summed E-state index contributed by atoms with van der Waals surface area (Å²) in [6.45, 7) is 4.23. The first-order valence-electron chi connectivity index (χ1n) is 14.6. The molecule has 3 N–H and O–H groups in total. The molecule has 0 aliphatic rings. The second-order valence-electron chi connectivity index (χ2n) is 9.81. The first-order valence-corrected chi connectivity index (χ1v) is 14.6. The summed E-state index contributed by atoms with van der Waals surface area (Å²) < 4.78 is 0. The third-order valence-corrected chi connectivity index (χ3v) is 6.44. The molecular formula is C30H57NO3. The molecule has 4 heteroatoms. The van der Waals surface area contributed by atoms with Crippen LogP contribution in [0.2, 0.25) is 0 Å². The fraction of sp³-hybridized carbons (Fsp3) is 0.833. The average Bonchev–Trinajstić information content (AvgIpc) is 2.84. The molecule has 0 rings (SSSR count). The van der Waals surface area contributed by atoms with E-state index >= 15 is 0 Å². The van der Waals surface area contributed by atoms with Gasteiger partial charge in [0.05, 0.1) is 18.8 Å². The van der Waals surface area contributed by atoms with Crippen molar-refractivity contribution >= 4 is 5.91 Å². The molecule has 0 aromatic heterocycles. The number of carbonyl (C=O) groups excluding carboxylic acids is 1. The Morgan fingerprint density at radius 3 is 1.71 bits per heavy atom. The van der Waals surface area contributed by atoms with Crippen molar-refractivity contribution in [1.82, 2.24) is 5.32 Å². The number of rotatable bonds is 25. The van der Waals surface area contributed by atoms with Crippen molar-refractivity contribution < 1.29 is 15.0 Å². The summed E-state index contributed by atoms with van der Waals surface area (Å²) in [5.74, 6) is -0.0791. The minimum atomic E-state index is -0.853. The lowest BCUT2D eigenvalue weighted by Gasteiger charge is -2.19. The Bertz CT molecular complexity index is 489. The molecule has 200 valence electrons. The SMILES string of the molecule is CCCCCC/C=C/CC/C=C/[C@@H](O)[C@H](CO)NC(=O)CCCCCCCCCCCCCC. The van der Waals surface area contributed by atoms with Crippen molar-refractivity contribution in [2.24, 2.45) is 0 Å². The fourth-order valence-corrected chi connectivity index (χ4v) is 4.13. The topological polar surface area (TPSA) is 69.6 Å². The molecule has 1 amide bonds. The van der Waals surface area contributed by atoms with E-state index < -0.39 is 12.1 Å². The third kappa shape index (κ3) is 22.7. The monoisotopic (exact) mass is 479 g/mol. The van der Waals surface area contributed by atoms with E-state index in [1.807, 2.05) is 6.08 Å². The number of amides is 1. The standard InChI is InChI=1S/C30H57NO3/c1-3-5-7-9-11-13-15-16-18-20-22-24-26-30(34)31-28(27-32)29(33)25-23-21-19-17-14-12-10-8-6-4-2/h14,17,23,25,28-29,32-33H,3-13,15-16,18-22,24,26-27H2,1-2H3,(H,31,34)/b17-14+,25-23+/t28-,29+/m0/s1. The molecule has 0 saturated carbocycles. The van der Waals surface area contributed by atoms with Gasteiger partial charge in [0, 0.05) is 6.42 Å².